The maximum Gasteiger partial charge on any atom is 0.383 e. The molecule has 4 nitrogen and oxygen atoms in total. The smallest absolute Gasteiger partial charge is 0.371 e. The van der Waals surface area contributed by atoms with E-state index in [4.69, 9.17) is 4.18 Å². The van der Waals surface area contributed by atoms with Crippen LogP contribution in [0.3, 0.4) is 0 Å². The Bertz CT molecular complexity index is 1290. The van der Waals surface area contributed by atoms with Crippen molar-refractivity contribution in [1.82, 2.24) is 4.72 Å². The Morgan fingerprint density at radius 3 is 2.45 bits per heavy atom. The zero-order chi connectivity index (χ0) is 23.4. The Hall–Kier alpha value is -3.22. The number of hydrogen-bond donors (Lipinski definition) is 1. The number of fused-ring (bicyclic) bond motifs is 1. The van der Waals surface area contributed by atoms with Crippen molar-refractivity contribution in [3.05, 3.63) is 120 Å². The topological polar surface area (TPSA) is 55.4 Å². The van der Waals surface area contributed by atoms with Gasteiger partial charge in [0.05, 0.1) is 6.04 Å². The molecule has 0 aliphatic carbocycles. The van der Waals surface area contributed by atoms with Crippen LogP contribution in [0.2, 0.25) is 0 Å². The van der Waals surface area contributed by atoms with E-state index in [1.54, 1.807) is 30.3 Å². The van der Waals surface area contributed by atoms with E-state index in [2.05, 4.69) is 11.3 Å². The first-order chi connectivity index (χ1) is 15.8. The minimum absolute atomic E-state index is 0.289. The molecule has 0 bridgehead atoms. The summed E-state index contributed by atoms with van der Waals surface area (Å²) in [6.45, 7) is 5.98. The van der Waals surface area contributed by atoms with E-state index in [9.17, 15) is 12.8 Å². The average Bonchev–Trinajstić information content (AvgIpc) is 2.79. The summed E-state index contributed by atoms with van der Waals surface area (Å²) in [5, 5.41) is 0. The SMILES string of the molecule is C=C(C)[C@@H](/C=C(\CCc1ccccc1)c1ccccc1F)[C@@H]1NS(=O)(=O)Oc2ccccc21. The lowest BCUT2D eigenvalue weighted by Gasteiger charge is -2.32. The van der Waals surface area contributed by atoms with Crippen LogP contribution in [-0.4, -0.2) is 8.42 Å². The van der Waals surface area contributed by atoms with E-state index >= 15 is 0 Å². The van der Waals surface area contributed by atoms with Gasteiger partial charge in [-0.05, 0) is 43.0 Å². The van der Waals surface area contributed by atoms with Gasteiger partial charge in [0.2, 0.25) is 0 Å². The standard InChI is InChI=1S/C27H26FNO3S/c1-19(2)24(27-23-13-7-9-15-26(23)32-33(30,31)29-27)18-21(22-12-6-8-14-25(22)28)17-16-20-10-4-3-5-11-20/h3-15,18,24,27,29H,1,16-17H2,2H3/b21-18+/t24-,27-/m1/s1. The van der Waals surface area contributed by atoms with E-state index in [1.165, 1.54) is 6.07 Å². The summed E-state index contributed by atoms with van der Waals surface area (Å²) >= 11 is 0. The third-order valence-corrected chi connectivity index (χ3v) is 6.72. The molecule has 0 radical (unpaired) electrons. The van der Waals surface area contributed by atoms with Crippen LogP contribution < -0.4 is 8.91 Å². The number of para-hydroxylation sites is 1. The summed E-state index contributed by atoms with van der Waals surface area (Å²) in [4.78, 5) is 0. The number of halogens is 1. The summed E-state index contributed by atoms with van der Waals surface area (Å²) in [6, 6.07) is 23.1. The molecule has 0 amide bonds. The van der Waals surface area contributed by atoms with Gasteiger partial charge >= 0.3 is 10.3 Å². The van der Waals surface area contributed by atoms with Crippen LogP contribution >= 0.6 is 0 Å². The summed E-state index contributed by atoms with van der Waals surface area (Å²) in [5.74, 6) is -0.432. The predicted octanol–water partition coefficient (Wildman–Crippen LogP) is 6.00. The quantitative estimate of drug-likeness (QED) is 0.437. The second-order valence-electron chi connectivity index (χ2n) is 8.20. The molecule has 6 heteroatoms. The van der Waals surface area contributed by atoms with Crippen molar-refractivity contribution in [1.29, 1.82) is 0 Å². The van der Waals surface area contributed by atoms with Gasteiger partial charge in [-0.3, -0.25) is 0 Å². The molecule has 2 atom stereocenters. The van der Waals surface area contributed by atoms with Gasteiger partial charge in [-0.25, -0.2) is 4.39 Å². The van der Waals surface area contributed by atoms with E-state index in [0.29, 0.717) is 17.5 Å². The summed E-state index contributed by atoms with van der Waals surface area (Å²) in [6.07, 6.45) is 3.26. The van der Waals surface area contributed by atoms with Crippen LogP contribution in [0.15, 0.2) is 97.1 Å². The lowest BCUT2D eigenvalue weighted by Crippen LogP contribution is -2.40. The van der Waals surface area contributed by atoms with Gasteiger partial charge in [0.1, 0.15) is 11.6 Å². The molecule has 170 valence electrons. The summed E-state index contributed by atoms with van der Waals surface area (Å²) in [5.41, 5.74) is 3.92. The molecule has 0 saturated heterocycles. The molecule has 33 heavy (non-hydrogen) atoms. The molecule has 1 heterocycles. The highest BCUT2D eigenvalue weighted by Crippen LogP contribution is 2.40. The van der Waals surface area contributed by atoms with Gasteiger partial charge in [-0.15, -0.1) is 0 Å². The van der Waals surface area contributed by atoms with E-state index in [1.807, 2.05) is 55.5 Å². The van der Waals surface area contributed by atoms with Crippen molar-refractivity contribution in [2.45, 2.75) is 25.8 Å². The molecule has 0 fully saturated rings. The molecule has 0 unspecified atom stereocenters. The maximum absolute atomic E-state index is 14.8. The van der Waals surface area contributed by atoms with Crippen molar-refractivity contribution in [2.24, 2.45) is 5.92 Å². The summed E-state index contributed by atoms with van der Waals surface area (Å²) < 4.78 is 47.5. The zero-order valence-electron chi connectivity index (χ0n) is 18.4. The highest BCUT2D eigenvalue weighted by atomic mass is 32.2. The van der Waals surface area contributed by atoms with E-state index in [0.717, 1.165) is 23.1 Å². The number of hydrogen-bond acceptors (Lipinski definition) is 3. The van der Waals surface area contributed by atoms with Crippen molar-refractivity contribution in [2.75, 3.05) is 0 Å². The highest BCUT2D eigenvalue weighted by molar-refractivity contribution is 7.85. The molecule has 1 N–H and O–H groups in total. The third kappa shape index (κ3) is 5.41. The Morgan fingerprint density at radius 1 is 1.06 bits per heavy atom. The lowest BCUT2D eigenvalue weighted by atomic mass is 9.84. The minimum atomic E-state index is -3.98. The number of allylic oxidation sites excluding steroid dienone is 1. The fourth-order valence-electron chi connectivity index (χ4n) is 4.13. The van der Waals surface area contributed by atoms with Crippen LogP contribution in [0.5, 0.6) is 5.75 Å². The predicted molar refractivity (Wildman–Crippen MR) is 129 cm³/mol. The van der Waals surface area contributed by atoms with Crippen LogP contribution in [0.1, 0.15) is 36.1 Å². The molecule has 3 aromatic rings. The van der Waals surface area contributed by atoms with Gasteiger partial charge in [0, 0.05) is 17.0 Å². The second-order valence-corrected chi connectivity index (χ2v) is 9.51. The van der Waals surface area contributed by atoms with Crippen LogP contribution in [-0.2, 0) is 16.7 Å². The number of aryl methyl sites for hydroxylation is 1. The minimum Gasteiger partial charge on any atom is -0.371 e. The lowest BCUT2D eigenvalue weighted by molar-refractivity contribution is 0.407. The molecule has 3 aromatic carbocycles. The first-order valence-electron chi connectivity index (χ1n) is 10.8. The highest BCUT2D eigenvalue weighted by Gasteiger charge is 2.35. The molecule has 0 aromatic heterocycles. The van der Waals surface area contributed by atoms with Crippen LogP contribution in [0.25, 0.3) is 5.57 Å². The van der Waals surface area contributed by atoms with Crippen molar-refractivity contribution in [3.8, 4) is 5.75 Å². The van der Waals surface area contributed by atoms with Gasteiger partial charge in [-0.1, -0.05) is 85.0 Å². The molecular formula is C27H26FNO3S. The van der Waals surface area contributed by atoms with Crippen molar-refractivity contribution in [3.63, 3.8) is 0 Å². The Morgan fingerprint density at radius 2 is 1.73 bits per heavy atom. The Kier molecular flexibility index (Phi) is 6.77. The largest absolute Gasteiger partial charge is 0.383 e. The normalized spacial score (nSPS) is 18.1. The average molecular weight is 464 g/mol. The van der Waals surface area contributed by atoms with Crippen LogP contribution in [0.4, 0.5) is 4.39 Å². The fourth-order valence-corrected chi connectivity index (χ4v) is 5.16. The third-order valence-electron chi connectivity index (χ3n) is 5.78. The molecule has 1 aliphatic rings. The summed E-state index contributed by atoms with van der Waals surface area (Å²) in [7, 11) is -3.98. The number of nitrogens with one attached hydrogen (secondary N) is 1. The zero-order valence-corrected chi connectivity index (χ0v) is 19.2. The number of benzene rings is 3. The number of rotatable bonds is 7. The Labute approximate surface area is 194 Å². The van der Waals surface area contributed by atoms with Crippen LogP contribution in [0, 0.1) is 11.7 Å². The van der Waals surface area contributed by atoms with Gasteiger partial charge < -0.3 is 4.18 Å². The van der Waals surface area contributed by atoms with E-state index in [-0.39, 0.29) is 11.6 Å². The van der Waals surface area contributed by atoms with E-state index < -0.39 is 22.3 Å². The molecule has 1 aliphatic heterocycles. The van der Waals surface area contributed by atoms with Gasteiger partial charge in [0.15, 0.2) is 0 Å². The van der Waals surface area contributed by atoms with Crippen molar-refractivity contribution < 1.29 is 17.0 Å². The Balaban J connectivity index is 1.78. The first kappa shape index (κ1) is 23.0. The maximum atomic E-state index is 14.8. The van der Waals surface area contributed by atoms with Gasteiger partial charge in [0.25, 0.3) is 0 Å². The molecule has 4 rings (SSSR count). The molecule has 0 saturated carbocycles. The van der Waals surface area contributed by atoms with Crippen molar-refractivity contribution >= 4 is 15.9 Å². The second kappa shape index (κ2) is 9.73. The molecule has 0 spiro atoms. The first-order valence-corrected chi connectivity index (χ1v) is 12.2. The monoisotopic (exact) mass is 463 g/mol. The molecular weight excluding hydrogens is 437 g/mol. The fraction of sp³-hybridized carbons (Fsp3) is 0.185. The van der Waals surface area contributed by atoms with Gasteiger partial charge in [-0.2, -0.15) is 13.1 Å².